The third-order valence-corrected chi connectivity index (χ3v) is 4.56. The van der Waals surface area contributed by atoms with Crippen LogP contribution in [0.15, 0.2) is 18.2 Å². The monoisotopic (exact) mass is 312 g/mol. The smallest absolute Gasteiger partial charge is 0.288 e. The SMILES string of the molecule is O=[N+]([O-])c1cc(CNCC2CCCCC2CO)ccc1Cl. The standard InChI is InChI=1S/C15H21ClN2O3/c16-14-6-5-11(7-15(14)18(20)21)8-17-9-12-3-1-2-4-13(12)10-19/h5-7,12-13,17,19H,1-4,8-10H2. The number of halogens is 1. The fourth-order valence-corrected chi connectivity index (χ4v) is 3.19. The highest BCUT2D eigenvalue weighted by atomic mass is 35.5. The number of aliphatic hydroxyl groups is 1. The molecular weight excluding hydrogens is 292 g/mol. The van der Waals surface area contributed by atoms with Crippen LogP contribution in [0.2, 0.25) is 5.02 Å². The Labute approximate surface area is 129 Å². The van der Waals surface area contributed by atoms with Crippen LogP contribution in [0.5, 0.6) is 0 Å². The van der Waals surface area contributed by atoms with Crippen LogP contribution in [0.1, 0.15) is 31.2 Å². The summed E-state index contributed by atoms with van der Waals surface area (Å²) in [5, 5.41) is 23.7. The Morgan fingerprint density at radius 2 is 2.05 bits per heavy atom. The molecule has 2 unspecified atom stereocenters. The molecule has 1 aromatic rings. The molecule has 1 saturated carbocycles. The van der Waals surface area contributed by atoms with Crippen LogP contribution in [-0.2, 0) is 6.54 Å². The summed E-state index contributed by atoms with van der Waals surface area (Å²) in [5.41, 5.74) is 0.796. The van der Waals surface area contributed by atoms with Crippen LogP contribution in [0.25, 0.3) is 0 Å². The highest BCUT2D eigenvalue weighted by Crippen LogP contribution is 2.29. The fraction of sp³-hybridized carbons (Fsp3) is 0.600. The van der Waals surface area contributed by atoms with E-state index in [9.17, 15) is 15.2 Å². The van der Waals surface area contributed by atoms with Gasteiger partial charge in [-0.1, -0.05) is 30.5 Å². The Morgan fingerprint density at radius 3 is 2.71 bits per heavy atom. The van der Waals surface area contributed by atoms with E-state index < -0.39 is 4.92 Å². The van der Waals surface area contributed by atoms with Gasteiger partial charge in [0, 0.05) is 19.2 Å². The number of nitrogens with one attached hydrogen (secondary N) is 1. The lowest BCUT2D eigenvalue weighted by molar-refractivity contribution is -0.384. The number of nitro groups is 1. The second-order valence-corrected chi connectivity index (χ2v) is 6.07. The minimum Gasteiger partial charge on any atom is -0.396 e. The second-order valence-electron chi connectivity index (χ2n) is 5.66. The molecule has 1 aliphatic carbocycles. The first-order chi connectivity index (χ1) is 10.1. The molecule has 1 fully saturated rings. The van der Waals surface area contributed by atoms with Crippen LogP contribution >= 0.6 is 11.6 Å². The van der Waals surface area contributed by atoms with Gasteiger partial charge in [-0.15, -0.1) is 0 Å². The van der Waals surface area contributed by atoms with Crippen molar-refractivity contribution in [1.82, 2.24) is 5.32 Å². The lowest BCUT2D eigenvalue weighted by Gasteiger charge is -2.30. The summed E-state index contributed by atoms with van der Waals surface area (Å²) in [6, 6.07) is 4.88. The predicted octanol–water partition coefficient (Wildman–Crippen LogP) is 3.14. The summed E-state index contributed by atoms with van der Waals surface area (Å²) in [6.45, 7) is 1.66. The average Bonchev–Trinajstić information content (AvgIpc) is 2.49. The molecule has 2 rings (SSSR count). The molecule has 1 aromatic carbocycles. The van der Waals surface area contributed by atoms with Crippen molar-refractivity contribution in [3.05, 3.63) is 38.9 Å². The van der Waals surface area contributed by atoms with Crippen LogP contribution < -0.4 is 5.32 Å². The predicted molar refractivity (Wildman–Crippen MR) is 82.3 cm³/mol. The third kappa shape index (κ3) is 4.40. The van der Waals surface area contributed by atoms with Gasteiger partial charge in [0.05, 0.1) is 4.92 Å². The molecule has 0 spiro atoms. The molecule has 0 bridgehead atoms. The van der Waals surface area contributed by atoms with E-state index in [0.29, 0.717) is 18.4 Å². The van der Waals surface area contributed by atoms with Crippen molar-refractivity contribution in [3.63, 3.8) is 0 Å². The maximum absolute atomic E-state index is 10.8. The maximum atomic E-state index is 10.8. The second kappa shape index (κ2) is 7.73. The molecule has 0 saturated heterocycles. The van der Waals surface area contributed by atoms with Gasteiger partial charge >= 0.3 is 0 Å². The van der Waals surface area contributed by atoms with Crippen molar-refractivity contribution in [3.8, 4) is 0 Å². The molecule has 0 heterocycles. The van der Waals surface area contributed by atoms with Crippen molar-refractivity contribution in [2.24, 2.45) is 11.8 Å². The van der Waals surface area contributed by atoms with E-state index in [1.807, 2.05) is 0 Å². The third-order valence-electron chi connectivity index (χ3n) is 4.24. The molecule has 21 heavy (non-hydrogen) atoms. The minimum atomic E-state index is -0.464. The lowest BCUT2D eigenvalue weighted by atomic mass is 9.79. The Hall–Kier alpha value is -1.17. The molecule has 1 aliphatic rings. The normalized spacial score (nSPS) is 22.2. The average molecular weight is 313 g/mol. The van der Waals surface area contributed by atoms with Crippen LogP contribution in [0.3, 0.4) is 0 Å². The van der Waals surface area contributed by atoms with E-state index in [-0.39, 0.29) is 17.3 Å². The van der Waals surface area contributed by atoms with E-state index in [1.165, 1.54) is 18.9 Å². The minimum absolute atomic E-state index is 0.0538. The number of hydrogen-bond acceptors (Lipinski definition) is 4. The fourth-order valence-electron chi connectivity index (χ4n) is 3.00. The Bertz CT molecular complexity index is 496. The molecule has 0 aliphatic heterocycles. The van der Waals surface area contributed by atoms with E-state index in [1.54, 1.807) is 12.1 Å². The number of benzene rings is 1. The summed E-state index contributed by atoms with van der Waals surface area (Å²) >= 11 is 5.80. The van der Waals surface area contributed by atoms with E-state index in [2.05, 4.69) is 5.32 Å². The molecule has 0 amide bonds. The quantitative estimate of drug-likeness (QED) is 0.625. The van der Waals surface area contributed by atoms with Gasteiger partial charge in [0.15, 0.2) is 0 Å². The number of nitro benzene ring substituents is 1. The first-order valence-electron chi connectivity index (χ1n) is 7.36. The first kappa shape index (κ1) is 16.2. The van der Waals surface area contributed by atoms with Gasteiger partial charge in [-0.2, -0.15) is 0 Å². The van der Waals surface area contributed by atoms with Crippen molar-refractivity contribution in [2.45, 2.75) is 32.2 Å². The van der Waals surface area contributed by atoms with Gasteiger partial charge in [0.25, 0.3) is 5.69 Å². The summed E-state index contributed by atoms with van der Waals surface area (Å²) in [6.07, 6.45) is 4.65. The zero-order valence-corrected chi connectivity index (χ0v) is 12.7. The summed E-state index contributed by atoms with van der Waals surface area (Å²) in [7, 11) is 0. The van der Waals surface area contributed by atoms with Crippen LogP contribution in [-0.4, -0.2) is 23.2 Å². The molecule has 116 valence electrons. The molecule has 5 nitrogen and oxygen atoms in total. The maximum Gasteiger partial charge on any atom is 0.288 e. The molecule has 2 N–H and O–H groups in total. The van der Waals surface area contributed by atoms with Gasteiger partial charge in [-0.25, -0.2) is 0 Å². The Balaban J connectivity index is 1.88. The molecule has 2 atom stereocenters. The Kier molecular flexibility index (Phi) is 5.96. The number of nitrogens with zero attached hydrogens (tertiary/aromatic N) is 1. The highest BCUT2D eigenvalue weighted by molar-refractivity contribution is 6.32. The first-order valence-corrected chi connectivity index (χ1v) is 7.74. The van der Waals surface area contributed by atoms with E-state index >= 15 is 0 Å². The lowest BCUT2D eigenvalue weighted by Crippen LogP contribution is -2.32. The Morgan fingerprint density at radius 1 is 1.33 bits per heavy atom. The highest BCUT2D eigenvalue weighted by Gasteiger charge is 2.23. The zero-order chi connectivity index (χ0) is 15.2. The van der Waals surface area contributed by atoms with Gasteiger partial charge < -0.3 is 10.4 Å². The summed E-state index contributed by atoms with van der Waals surface area (Å²) in [5.74, 6) is 0.872. The molecular formula is C15H21ClN2O3. The summed E-state index contributed by atoms with van der Waals surface area (Å²) in [4.78, 5) is 10.4. The van der Waals surface area contributed by atoms with Crippen molar-refractivity contribution >= 4 is 17.3 Å². The number of rotatable bonds is 6. The van der Waals surface area contributed by atoms with Crippen molar-refractivity contribution in [1.29, 1.82) is 0 Å². The zero-order valence-electron chi connectivity index (χ0n) is 11.9. The summed E-state index contributed by atoms with van der Waals surface area (Å²) < 4.78 is 0. The molecule has 0 aromatic heterocycles. The molecule has 6 heteroatoms. The van der Waals surface area contributed by atoms with Crippen LogP contribution in [0, 0.1) is 22.0 Å². The van der Waals surface area contributed by atoms with E-state index in [0.717, 1.165) is 24.9 Å². The van der Waals surface area contributed by atoms with Gasteiger partial charge in [0.1, 0.15) is 5.02 Å². The van der Waals surface area contributed by atoms with Crippen molar-refractivity contribution < 1.29 is 10.0 Å². The van der Waals surface area contributed by atoms with Crippen molar-refractivity contribution in [2.75, 3.05) is 13.2 Å². The van der Waals surface area contributed by atoms with Gasteiger partial charge in [-0.3, -0.25) is 10.1 Å². The van der Waals surface area contributed by atoms with Gasteiger partial charge in [0.2, 0.25) is 0 Å². The molecule has 0 radical (unpaired) electrons. The largest absolute Gasteiger partial charge is 0.396 e. The van der Waals surface area contributed by atoms with Crippen LogP contribution in [0.4, 0.5) is 5.69 Å². The van der Waals surface area contributed by atoms with Gasteiger partial charge in [-0.05, 0) is 42.9 Å². The number of hydrogen-bond donors (Lipinski definition) is 2. The van der Waals surface area contributed by atoms with E-state index in [4.69, 9.17) is 11.6 Å². The number of aliphatic hydroxyl groups excluding tert-OH is 1. The topological polar surface area (TPSA) is 75.4 Å².